The van der Waals surface area contributed by atoms with Crippen LogP contribution >= 0.6 is 15.9 Å². The summed E-state index contributed by atoms with van der Waals surface area (Å²) in [5, 5.41) is 3.86. The molecule has 0 unspecified atom stereocenters. The van der Waals surface area contributed by atoms with E-state index in [0.717, 1.165) is 40.4 Å². The van der Waals surface area contributed by atoms with Gasteiger partial charge in [0.2, 0.25) is 5.91 Å². The van der Waals surface area contributed by atoms with Crippen LogP contribution in [0, 0.1) is 0 Å². The molecule has 32 heavy (non-hydrogen) atoms. The third kappa shape index (κ3) is 3.96. The van der Waals surface area contributed by atoms with E-state index in [4.69, 9.17) is 4.42 Å². The molecule has 164 valence electrons. The number of carbonyl (C=O) groups excluding carboxylic acids is 1. The van der Waals surface area contributed by atoms with E-state index in [2.05, 4.69) is 31.1 Å². The minimum Gasteiger partial charge on any atom is -0.452 e. The van der Waals surface area contributed by atoms with Crippen LogP contribution in [0.5, 0.6) is 0 Å². The number of nitrogens with zero attached hydrogens (tertiary/aromatic N) is 3. The minimum atomic E-state index is -0.295. The van der Waals surface area contributed by atoms with Crippen molar-refractivity contribution in [3.63, 3.8) is 0 Å². The summed E-state index contributed by atoms with van der Waals surface area (Å²) < 4.78 is 8.85. The zero-order chi connectivity index (χ0) is 22.2. The molecule has 1 amide bonds. The topological polar surface area (TPSA) is 80.4 Å². The van der Waals surface area contributed by atoms with Crippen molar-refractivity contribution in [3.8, 4) is 11.3 Å². The summed E-state index contributed by atoms with van der Waals surface area (Å²) in [6.07, 6.45) is 0.913. The summed E-state index contributed by atoms with van der Waals surface area (Å²) in [5.41, 5.74) is 3.20. The van der Waals surface area contributed by atoms with Crippen LogP contribution in [-0.4, -0.2) is 46.0 Å². The number of furan rings is 1. The Balaban J connectivity index is 1.56. The van der Waals surface area contributed by atoms with Crippen LogP contribution in [0.3, 0.4) is 0 Å². The Morgan fingerprint density at radius 3 is 2.81 bits per heavy atom. The predicted molar refractivity (Wildman–Crippen MR) is 128 cm³/mol. The zero-order valence-electron chi connectivity index (χ0n) is 17.7. The second kappa shape index (κ2) is 8.52. The van der Waals surface area contributed by atoms with Crippen LogP contribution in [-0.2, 0) is 11.3 Å². The van der Waals surface area contributed by atoms with Gasteiger partial charge >= 0.3 is 5.69 Å². The van der Waals surface area contributed by atoms with Crippen LogP contribution in [0.15, 0.2) is 62.2 Å². The van der Waals surface area contributed by atoms with Gasteiger partial charge in [-0.2, -0.15) is 4.98 Å². The molecular weight excluding hydrogens is 472 g/mol. The van der Waals surface area contributed by atoms with Crippen molar-refractivity contribution < 1.29 is 9.21 Å². The van der Waals surface area contributed by atoms with E-state index >= 15 is 0 Å². The number of aromatic nitrogens is 2. The number of nitrogens with one attached hydrogen (secondary N) is 1. The molecule has 1 saturated heterocycles. The normalized spacial score (nSPS) is 16.8. The number of halogens is 1. The van der Waals surface area contributed by atoms with Crippen molar-refractivity contribution >= 4 is 43.9 Å². The lowest BCUT2D eigenvalue weighted by molar-refractivity contribution is -0.119. The van der Waals surface area contributed by atoms with Crippen molar-refractivity contribution in [1.29, 1.82) is 0 Å². The van der Waals surface area contributed by atoms with Gasteiger partial charge in [0, 0.05) is 54.6 Å². The number of likely N-dealkylation sites (tertiary alicyclic amines) is 1. The molecule has 4 aromatic rings. The maximum absolute atomic E-state index is 13.2. The second-order valence-electron chi connectivity index (χ2n) is 8.17. The van der Waals surface area contributed by atoms with Crippen LogP contribution in [0.2, 0.25) is 0 Å². The molecule has 1 aliphatic rings. The molecule has 7 nitrogen and oxygen atoms in total. The van der Waals surface area contributed by atoms with Crippen LogP contribution in [0.4, 0.5) is 0 Å². The van der Waals surface area contributed by atoms with Gasteiger partial charge in [0.1, 0.15) is 16.8 Å². The number of amides is 1. The number of hydrogen-bond donors (Lipinski definition) is 1. The molecular formula is C24H23BrN4O3. The Bertz CT molecular complexity index is 1360. The van der Waals surface area contributed by atoms with Gasteiger partial charge in [-0.25, -0.2) is 4.79 Å². The number of fused-ring (bicyclic) bond motifs is 3. The van der Waals surface area contributed by atoms with Gasteiger partial charge in [0.25, 0.3) is 0 Å². The molecule has 5 rings (SSSR count). The molecule has 1 aliphatic heterocycles. The first-order valence-electron chi connectivity index (χ1n) is 10.7. The number of rotatable bonds is 5. The van der Waals surface area contributed by atoms with E-state index in [1.807, 2.05) is 48.5 Å². The van der Waals surface area contributed by atoms with Crippen molar-refractivity contribution in [3.05, 3.63) is 63.5 Å². The highest BCUT2D eigenvalue weighted by atomic mass is 79.9. The lowest BCUT2D eigenvalue weighted by Gasteiger charge is -2.17. The van der Waals surface area contributed by atoms with Gasteiger partial charge in [-0.3, -0.25) is 14.3 Å². The average molecular weight is 495 g/mol. The highest BCUT2D eigenvalue weighted by molar-refractivity contribution is 9.10. The fourth-order valence-electron chi connectivity index (χ4n) is 4.47. The Hall–Kier alpha value is -2.97. The van der Waals surface area contributed by atoms with Gasteiger partial charge in [0.05, 0.1) is 0 Å². The summed E-state index contributed by atoms with van der Waals surface area (Å²) in [7, 11) is 0. The Morgan fingerprint density at radius 2 is 2.03 bits per heavy atom. The van der Waals surface area contributed by atoms with Crippen LogP contribution in [0.1, 0.15) is 13.3 Å². The number of hydrogen-bond acceptors (Lipinski definition) is 5. The Morgan fingerprint density at radius 1 is 1.22 bits per heavy atom. The molecule has 0 bridgehead atoms. The van der Waals surface area contributed by atoms with E-state index in [-0.39, 0.29) is 17.6 Å². The Labute approximate surface area is 193 Å². The van der Waals surface area contributed by atoms with E-state index < -0.39 is 0 Å². The fraction of sp³-hybridized carbons (Fsp3) is 0.292. The minimum absolute atomic E-state index is 0.00841. The molecule has 8 heteroatoms. The molecule has 0 aliphatic carbocycles. The van der Waals surface area contributed by atoms with Gasteiger partial charge in [0.15, 0.2) is 5.58 Å². The molecule has 0 radical (unpaired) electrons. The molecule has 0 saturated carbocycles. The largest absolute Gasteiger partial charge is 0.452 e. The second-order valence-corrected chi connectivity index (χ2v) is 9.08. The summed E-state index contributed by atoms with van der Waals surface area (Å²) in [6.45, 7) is 4.39. The highest BCUT2D eigenvalue weighted by Crippen LogP contribution is 2.34. The zero-order valence-corrected chi connectivity index (χ0v) is 19.3. The predicted octanol–water partition coefficient (Wildman–Crippen LogP) is 3.78. The van der Waals surface area contributed by atoms with E-state index in [1.165, 1.54) is 0 Å². The fourth-order valence-corrected chi connectivity index (χ4v) is 4.83. The summed E-state index contributed by atoms with van der Waals surface area (Å²) in [6, 6.07) is 15.6. The smallest absolute Gasteiger partial charge is 0.348 e. The lowest BCUT2D eigenvalue weighted by atomic mass is 10.1. The van der Waals surface area contributed by atoms with Crippen molar-refractivity contribution in [2.45, 2.75) is 25.9 Å². The lowest BCUT2D eigenvalue weighted by Crippen LogP contribution is -2.37. The van der Waals surface area contributed by atoms with Crippen LogP contribution < -0.4 is 11.0 Å². The average Bonchev–Trinajstić information content (AvgIpc) is 3.37. The first-order valence-corrected chi connectivity index (χ1v) is 11.5. The van der Waals surface area contributed by atoms with E-state index in [1.54, 1.807) is 11.5 Å². The number of benzene rings is 2. The van der Waals surface area contributed by atoms with E-state index in [9.17, 15) is 9.59 Å². The quantitative estimate of drug-likeness (QED) is 0.456. The molecule has 1 fully saturated rings. The van der Waals surface area contributed by atoms with Crippen molar-refractivity contribution in [2.75, 3.05) is 19.6 Å². The maximum atomic E-state index is 13.2. The van der Waals surface area contributed by atoms with Crippen molar-refractivity contribution in [2.24, 2.45) is 0 Å². The number of carbonyl (C=O) groups is 1. The molecule has 2 aromatic carbocycles. The van der Waals surface area contributed by atoms with Gasteiger partial charge < -0.3 is 9.73 Å². The van der Waals surface area contributed by atoms with Crippen molar-refractivity contribution in [1.82, 2.24) is 19.8 Å². The summed E-state index contributed by atoms with van der Waals surface area (Å²) >= 11 is 3.54. The van der Waals surface area contributed by atoms with Gasteiger partial charge in [-0.1, -0.05) is 46.3 Å². The highest BCUT2D eigenvalue weighted by Gasteiger charge is 2.24. The van der Waals surface area contributed by atoms with Gasteiger partial charge in [-0.05, 0) is 24.6 Å². The first kappa shape index (κ1) is 20.9. The third-order valence-corrected chi connectivity index (χ3v) is 6.41. The monoisotopic (exact) mass is 494 g/mol. The molecule has 0 spiro atoms. The summed E-state index contributed by atoms with van der Waals surface area (Å²) in [4.78, 5) is 31.2. The van der Waals surface area contributed by atoms with Crippen LogP contribution in [0.25, 0.3) is 33.3 Å². The molecule has 3 heterocycles. The molecule has 1 N–H and O–H groups in total. The van der Waals surface area contributed by atoms with E-state index in [0.29, 0.717) is 29.9 Å². The third-order valence-electron chi connectivity index (χ3n) is 5.91. The Kier molecular flexibility index (Phi) is 5.57. The molecule has 1 atom stereocenters. The summed E-state index contributed by atoms with van der Waals surface area (Å²) in [5.74, 6) is -0.00841. The van der Waals surface area contributed by atoms with Gasteiger partial charge in [-0.15, -0.1) is 0 Å². The SMILES string of the molecule is CC(=O)N[C@H]1CCN(CCn2c(=O)nc(-c3ccccc3)c3oc4ccc(Br)cc4c32)C1. The first-order chi connectivity index (χ1) is 15.5. The maximum Gasteiger partial charge on any atom is 0.348 e. The standard InChI is InChI=1S/C24H23BrN4O3/c1-15(30)26-18-9-10-28(14-18)11-12-29-22-19-13-17(25)7-8-20(19)32-23(22)21(27-24(29)31)16-5-3-2-4-6-16/h2-8,13,18H,9-12,14H2,1H3,(H,26,30)/t18-/m0/s1. The molecule has 2 aromatic heterocycles.